The summed E-state index contributed by atoms with van der Waals surface area (Å²) in [5.74, 6) is 6.12. The third kappa shape index (κ3) is 3.65. The van der Waals surface area contributed by atoms with Crippen molar-refractivity contribution in [3.63, 3.8) is 0 Å². The Hall–Kier alpha value is -2.59. The number of nitrogens with one attached hydrogen (secondary N) is 1. The minimum Gasteiger partial charge on any atom is -0.372 e. The number of hydrogen-bond donors (Lipinski definition) is 1. The van der Waals surface area contributed by atoms with Gasteiger partial charge in [-0.05, 0) is 52.9 Å². The van der Waals surface area contributed by atoms with Gasteiger partial charge in [-0.3, -0.25) is 4.72 Å². The van der Waals surface area contributed by atoms with E-state index >= 15 is 0 Å². The lowest BCUT2D eigenvalue weighted by Crippen LogP contribution is -2.13. The van der Waals surface area contributed by atoms with E-state index in [1.54, 1.807) is 47.7 Å². The quantitative estimate of drug-likeness (QED) is 0.698. The number of benzene rings is 2. The fourth-order valence-corrected chi connectivity index (χ4v) is 4.34. The molecule has 4 rings (SSSR count). The second-order valence-corrected chi connectivity index (χ2v) is 8.47. The van der Waals surface area contributed by atoms with Crippen molar-refractivity contribution in [3.8, 4) is 11.8 Å². The predicted molar refractivity (Wildman–Crippen MR) is 102 cm³/mol. The number of ether oxygens (including phenoxy) is 1. The highest BCUT2D eigenvalue weighted by molar-refractivity contribution is 7.92. The molecular weight excluding hydrogens is 366 g/mol. The highest BCUT2D eigenvalue weighted by atomic mass is 32.2. The van der Waals surface area contributed by atoms with E-state index in [1.165, 1.54) is 0 Å². The Balaban J connectivity index is 1.57. The van der Waals surface area contributed by atoms with Gasteiger partial charge in [0.05, 0.1) is 28.7 Å². The van der Waals surface area contributed by atoms with E-state index in [-0.39, 0.29) is 4.90 Å². The Morgan fingerprint density at radius 1 is 0.962 bits per heavy atom. The van der Waals surface area contributed by atoms with Gasteiger partial charge in [0.1, 0.15) is 0 Å². The van der Waals surface area contributed by atoms with Gasteiger partial charge in [-0.1, -0.05) is 30.0 Å². The van der Waals surface area contributed by atoms with Gasteiger partial charge in [0, 0.05) is 5.56 Å². The van der Waals surface area contributed by atoms with Crippen LogP contribution in [0.1, 0.15) is 21.6 Å². The molecule has 1 N–H and O–H groups in total. The lowest BCUT2D eigenvalue weighted by Gasteiger charge is -2.09. The van der Waals surface area contributed by atoms with Crippen molar-refractivity contribution < 1.29 is 13.2 Å². The first-order valence-electron chi connectivity index (χ1n) is 7.98. The van der Waals surface area contributed by atoms with Crippen LogP contribution in [0.5, 0.6) is 0 Å². The zero-order valence-electron chi connectivity index (χ0n) is 13.7. The molecule has 2 aromatic carbocycles. The average Bonchev–Trinajstić information content (AvgIpc) is 3.31. The Morgan fingerprint density at radius 3 is 2.69 bits per heavy atom. The smallest absolute Gasteiger partial charge is 0.261 e. The first kappa shape index (κ1) is 16.9. The molecule has 130 valence electrons. The van der Waals surface area contributed by atoms with Crippen molar-refractivity contribution in [2.45, 2.75) is 18.1 Å². The van der Waals surface area contributed by atoms with E-state index in [0.29, 0.717) is 18.9 Å². The maximum Gasteiger partial charge on any atom is 0.261 e. The van der Waals surface area contributed by atoms with Crippen LogP contribution in [-0.4, -0.2) is 8.42 Å². The molecule has 0 radical (unpaired) electrons. The number of hydrogen-bond acceptors (Lipinski definition) is 4. The minimum atomic E-state index is -3.66. The summed E-state index contributed by atoms with van der Waals surface area (Å²) in [6.45, 7) is 0.987. The molecule has 6 heteroatoms. The molecular formula is C20H15NO3S2. The van der Waals surface area contributed by atoms with Crippen LogP contribution in [-0.2, 0) is 28.0 Å². The summed E-state index contributed by atoms with van der Waals surface area (Å²) < 4.78 is 33.3. The number of anilines is 1. The Morgan fingerprint density at radius 2 is 1.85 bits per heavy atom. The summed E-state index contributed by atoms with van der Waals surface area (Å²) in [5.41, 5.74) is 3.19. The standard InChI is InChI=1S/C20H15NO3S2/c22-26(23,20-9-7-16-13-24-14-17(16)12-20)21-18-4-1-3-15(11-18)6-8-19-5-2-10-25-19/h1-5,7,9-12,21H,13-14H2. The third-order valence-electron chi connectivity index (χ3n) is 3.97. The molecule has 0 amide bonds. The van der Waals surface area contributed by atoms with Crippen LogP contribution in [0, 0.1) is 11.8 Å². The van der Waals surface area contributed by atoms with E-state index in [4.69, 9.17) is 4.74 Å². The maximum atomic E-state index is 12.7. The van der Waals surface area contributed by atoms with E-state index in [0.717, 1.165) is 21.6 Å². The van der Waals surface area contributed by atoms with Crippen molar-refractivity contribution in [1.29, 1.82) is 0 Å². The van der Waals surface area contributed by atoms with E-state index in [2.05, 4.69) is 16.6 Å². The van der Waals surface area contributed by atoms with Gasteiger partial charge in [-0.15, -0.1) is 11.3 Å². The van der Waals surface area contributed by atoms with Crippen LogP contribution in [0.2, 0.25) is 0 Å². The van der Waals surface area contributed by atoms with Crippen LogP contribution < -0.4 is 4.72 Å². The van der Waals surface area contributed by atoms with Crippen LogP contribution in [0.3, 0.4) is 0 Å². The summed E-state index contributed by atoms with van der Waals surface area (Å²) in [5, 5.41) is 1.97. The fourth-order valence-electron chi connectivity index (χ4n) is 2.67. The van der Waals surface area contributed by atoms with Crippen molar-refractivity contribution in [2.24, 2.45) is 0 Å². The zero-order chi connectivity index (χ0) is 18.0. The molecule has 2 heterocycles. The van der Waals surface area contributed by atoms with Gasteiger partial charge < -0.3 is 4.74 Å². The molecule has 1 aliphatic rings. The Labute approximate surface area is 156 Å². The topological polar surface area (TPSA) is 55.4 Å². The molecule has 3 aromatic rings. The Kier molecular flexibility index (Phi) is 4.51. The van der Waals surface area contributed by atoms with Gasteiger partial charge in [0.15, 0.2) is 0 Å². The molecule has 0 bridgehead atoms. The maximum absolute atomic E-state index is 12.7. The molecule has 1 aliphatic heterocycles. The summed E-state index contributed by atoms with van der Waals surface area (Å²) in [6, 6.07) is 16.1. The fraction of sp³-hybridized carbons (Fsp3) is 0.100. The number of rotatable bonds is 3. The molecule has 4 nitrogen and oxygen atoms in total. The molecule has 0 atom stereocenters. The number of fused-ring (bicyclic) bond motifs is 1. The zero-order valence-corrected chi connectivity index (χ0v) is 15.4. The average molecular weight is 381 g/mol. The van der Waals surface area contributed by atoms with Crippen molar-refractivity contribution in [3.05, 3.63) is 81.5 Å². The Bertz CT molecular complexity index is 1110. The molecule has 1 aromatic heterocycles. The summed E-state index contributed by atoms with van der Waals surface area (Å²) in [6.07, 6.45) is 0. The second-order valence-electron chi connectivity index (χ2n) is 5.84. The van der Waals surface area contributed by atoms with Gasteiger partial charge in [0.2, 0.25) is 0 Å². The van der Waals surface area contributed by atoms with Gasteiger partial charge in [0.25, 0.3) is 10.0 Å². The van der Waals surface area contributed by atoms with E-state index in [1.807, 2.05) is 23.6 Å². The van der Waals surface area contributed by atoms with E-state index < -0.39 is 10.0 Å². The van der Waals surface area contributed by atoms with Crippen molar-refractivity contribution in [2.75, 3.05) is 4.72 Å². The largest absolute Gasteiger partial charge is 0.372 e. The lowest BCUT2D eigenvalue weighted by atomic mass is 10.1. The first-order valence-corrected chi connectivity index (χ1v) is 10.3. The molecule has 0 aliphatic carbocycles. The molecule has 0 saturated heterocycles. The first-order chi connectivity index (χ1) is 12.6. The van der Waals surface area contributed by atoms with Gasteiger partial charge >= 0.3 is 0 Å². The van der Waals surface area contributed by atoms with Crippen LogP contribution in [0.4, 0.5) is 5.69 Å². The van der Waals surface area contributed by atoms with Crippen molar-refractivity contribution >= 4 is 27.0 Å². The van der Waals surface area contributed by atoms with Crippen LogP contribution in [0.25, 0.3) is 0 Å². The molecule has 0 fully saturated rings. The number of thiophene rings is 1. The summed E-state index contributed by atoms with van der Waals surface area (Å²) in [4.78, 5) is 1.20. The van der Waals surface area contributed by atoms with Gasteiger partial charge in [-0.2, -0.15) is 0 Å². The van der Waals surface area contributed by atoms with Crippen LogP contribution >= 0.6 is 11.3 Å². The van der Waals surface area contributed by atoms with E-state index in [9.17, 15) is 8.42 Å². The third-order valence-corrected chi connectivity index (χ3v) is 6.13. The van der Waals surface area contributed by atoms with Crippen LogP contribution in [0.15, 0.2) is 64.9 Å². The van der Waals surface area contributed by atoms with Gasteiger partial charge in [-0.25, -0.2) is 8.42 Å². The highest BCUT2D eigenvalue weighted by Crippen LogP contribution is 2.24. The summed E-state index contributed by atoms with van der Waals surface area (Å²) >= 11 is 1.57. The predicted octanol–water partition coefficient (Wildman–Crippen LogP) is 3.98. The minimum absolute atomic E-state index is 0.233. The molecule has 0 unspecified atom stereocenters. The summed E-state index contributed by atoms with van der Waals surface area (Å²) in [7, 11) is -3.66. The monoisotopic (exact) mass is 381 g/mol. The molecule has 0 spiro atoms. The lowest BCUT2D eigenvalue weighted by molar-refractivity contribution is 0.134. The molecule has 26 heavy (non-hydrogen) atoms. The highest BCUT2D eigenvalue weighted by Gasteiger charge is 2.18. The SMILES string of the molecule is O=S(=O)(Nc1cccc(C#Cc2cccs2)c1)c1ccc2c(c1)COC2. The number of sulfonamides is 1. The van der Waals surface area contributed by atoms with Crippen molar-refractivity contribution in [1.82, 2.24) is 0 Å². The second kappa shape index (κ2) is 6.96. The normalized spacial score (nSPS) is 12.9. The molecule has 0 saturated carbocycles.